The Morgan fingerprint density at radius 1 is 1.24 bits per heavy atom. The van der Waals surface area contributed by atoms with E-state index in [4.69, 9.17) is 15.6 Å². The summed E-state index contributed by atoms with van der Waals surface area (Å²) in [6, 6.07) is 1.75. The van der Waals surface area contributed by atoms with Gasteiger partial charge in [0.2, 0.25) is 0 Å². The second kappa shape index (κ2) is 4.39. The Morgan fingerprint density at radius 3 is 1.88 bits per heavy atom. The molecule has 0 spiro atoms. The molecule has 0 saturated heterocycles. The average molecular weight is 238 g/mol. The summed E-state index contributed by atoms with van der Waals surface area (Å²) in [7, 11) is 0. The van der Waals surface area contributed by atoms with Crippen molar-refractivity contribution in [3.05, 3.63) is 38.9 Å². The number of carboxylic acids is 2. The van der Waals surface area contributed by atoms with Crippen LogP contribution < -0.4 is 0 Å². The molecule has 0 fully saturated rings. The smallest absolute Gasteiger partial charge is 0.342 e. The predicted octanol–water partition coefficient (Wildman–Crippen LogP) is 0.989. The molecule has 1 aromatic carbocycles. The first-order valence-corrected chi connectivity index (χ1v) is 4.18. The van der Waals surface area contributed by atoms with Crippen molar-refractivity contribution in [2.45, 2.75) is 0 Å². The summed E-state index contributed by atoms with van der Waals surface area (Å²) in [6.07, 6.45) is 0.711. The Labute approximate surface area is 93.8 Å². The highest BCUT2D eigenvalue weighted by Gasteiger charge is 2.28. The first-order valence-electron chi connectivity index (χ1n) is 4.18. The molecule has 0 aliphatic carbocycles. The largest absolute Gasteiger partial charge is 0.477 e. The van der Waals surface area contributed by atoms with Crippen LogP contribution in [0, 0.1) is 15.5 Å². The van der Waals surface area contributed by atoms with E-state index in [1.165, 1.54) is 0 Å². The number of carboxylic acid groups (broad SMARTS) is 2. The van der Waals surface area contributed by atoms with Crippen LogP contribution in [0.25, 0.3) is 0 Å². The van der Waals surface area contributed by atoms with Crippen LogP contribution in [0.3, 0.4) is 0 Å². The van der Waals surface area contributed by atoms with Gasteiger partial charge in [-0.1, -0.05) is 0 Å². The molecule has 0 aliphatic heterocycles. The van der Waals surface area contributed by atoms with Gasteiger partial charge in [0.25, 0.3) is 5.69 Å². The van der Waals surface area contributed by atoms with Gasteiger partial charge in [0.1, 0.15) is 11.1 Å². The number of hydrogen-bond acceptors (Lipinski definition) is 5. The molecule has 0 unspecified atom stereocenters. The lowest BCUT2D eigenvalue weighted by molar-refractivity contribution is -0.385. The SMILES string of the molecule is N=Cc1cc(C(=O)O)c([N+](=O)[O-])c(C(=O)O)c1. The normalized spacial score (nSPS) is 9.65. The van der Waals surface area contributed by atoms with E-state index in [9.17, 15) is 19.7 Å². The zero-order valence-corrected chi connectivity index (χ0v) is 8.21. The van der Waals surface area contributed by atoms with Gasteiger partial charge in [-0.15, -0.1) is 0 Å². The topological polar surface area (TPSA) is 142 Å². The molecule has 3 N–H and O–H groups in total. The first-order chi connectivity index (χ1) is 7.88. The molecule has 0 amide bonds. The minimum absolute atomic E-state index is 0.0367. The molecule has 8 heteroatoms. The molecular formula is C9H6N2O6. The Kier molecular flexibility index (Phi) is 3.18. The van der Waals surface area contributed by atoms with Gasteiger partial charge in [-0.05, 0) is 17.7 Å². The maximum absolute atomic E-state index is 10.8. The highest BCUT2D eigenvalue weighted by Crippen LogP contribution is 2.25. The molecule has 0 heterocycles. The molecule has 0 atom stereocenters. The Morgan fingerprint density at radius 2 is 1.65 bits per heavy atom. The molecule has 8 nitrogen and oxygen atoms in total. The lowest BCUT2D eigenvalue weighted by atomic mass is 10.0. The fourth-order valence-corrected chi connectivity index (χ4v) is 1.26. The predicted molar refractivity (Wildman–Crippen MR) is 54.9 cm³/mol. The van der Waals surface area contributed by atoms with Gasteiger partial charge >= 0.3 is 11.9 Å². The number of nitro groups is 1. The number of rotatable bonds is 4. The summed E-state index contributed by atoms with van der Waals surface area (Å²) < 4.78 is 0. The van der Waals surface area contributed by atoms with Gasteiger partial charge in [-0.25, -0.2) is 9.59 Å². The first kappa shape index (κ1) is 12.3. The summed E-state index contributed by atoms with van der Waals surface area (Å²) in [5.74, 6) is -3.24. The quantitative estimate of drug-likeness (QED) is 0.405. The summed E-state index contributed by atoms with van der Waals surface area (Å²) in [4.78, 5) is 31.2. The minimum atomic E-state index is -1.62. The zero-order chi connectivity index (χ0) is 13.2. The number of carbonyl (C=O) groups is 2. The average Bonchev–Trinajstić information content (AvgIpc) is 2.26. The molecule has 1 rings (SSSR count). The van der Waals surface area contributed by atoms with Crippen LogP contribution in [0.2, 0.25) is 0 Å². The van der Waals surface area contributed by atoms with Gasteiger partial charge in [0.05, 0.1) is 4.92 Å². The summed E-state index contributed by atoms with van der Waals surface area (Å²) in [6.45, 7) is 0. The number of aromatic carboxylic acids is 2. The van der Waals surface area contributed by atoms with Crippen LogP contribution in [-0.4, -0.2) is 33.3 Å². The van der Waals surface area contributed by atoms with Crippen molar-refractivity contribution in [1.82, 2.24) is 0 Å². The Balaban J connectivity index is 3.73. The molecule has 0 aromatic heterocycles. The van der Waals surface area contributed by atoms with Crippen molar-refractivity contribution in [2.24, 2.45) is 0 Å². The van der Waals surface area contributed by atoms with Gasteiger partial charge in [0, 0.05) is 6.21 Å². The lowest BCUT2D eigenvalue weighted by Crippen LogP contribution is -2.10. The highest BCUT2D eigenvalue weighted by atomic mass is 16.6. The summed E-state index contributed by atoms with van der Waals surface area (Å²) in [5.41, 5.74) is -2.54. The van der Waals surface area contributed by atoms with Crippen molar-refractivity contribution in [1.29, 1.82) is 5.41 Å². The maximum atomic E-state index is 10.8. The third-order valence-electron chi connectivity index (χ3n) is 1.94. The fourth-order valence-electron chi connectivity index (χ4n) is 1.26. The number of hydrogen-bond donors (Lipinski definition) is 3. The highest BCUT2D eigenvalue weighted by molar-refractivity contribution is 6.03. The van der Waals surface area contributed by atoms with E-state index in [1.807, 2.05) is 0 Å². The Hall–Kier alpha value is -2.77. The van der Waals surface area contributed by atoms with Crippen LogP contribution >= 0.6 is 0 Å². The van der Waals surface area contributed by atoms with Crippen LogP contribution in [-0.2, 0) is 0 Å². The van der Waals surface area contributed by atoms with E-state index < -0.39 is 33.7 Å². The maximum Gasteiger partial charge on any atom is 0.342 e. The van der Waals surface area contributed by atoms with Crippen LogP contribution in [0.4, 0.5) is 5.69 Å². The van der Waals surface area contributed by atoms with Crippen molar-refractivity contribution >= 4 is 23.8 Å². The Bertz CT molecular complexity index is 501. The van der Waals surface area contributed by atoms with E-state index >= 15 is 0 Å². The minimum Gasteiger partial charge on any atom is -0.477 e. The lowest BCUT2D eigenvalue weighted by Gasteiger charge is -2.03. The van der Waals surface area contributed by atoms with Crippen molar-refractivity contribution in [2.75, 3.05) is 0 Å². The molecule has 88 valence electrons. The molecule has 17 heavy (non-hydrogen) atoms. The van der Waals surface area contributed by atoms with E-state index in [0.717, 1.165) is 12.1 Å². The molecule has 0 bridgehead atoms. The van der Waals surface area contributed by atoms with Crippen molar-refractivity contribution in [3.8, 4) is 0 Å². The second-order valence-electron chi connectivity index (χ2n) is 2.98. The van der Waals surface area contributed by atoms with E-state index in [2.05, 4.69) is 0 Å². The molecule has 0 saturated carbocycles. The fraction of sp³-hybridized carbons (Fsp3) is 0. The van der Waals surface area contributed by atoms with Gasteiger partial charge in [0.15, 0.2) is 0 Å². The number of nitrogens with zero attached hydrogens (tertiary/aromatic N) is 1. The monoisotopic (exact) mass is 238 g/mol. The molecule has 0 aliphatic rings. The van der Waals surface area contributed by atoms with Gasteiger partial charge in [-0.2, -0.15) is 0 Å². The van der Waals surface area contributed by atoms with Crippen LogP contribution in [0.5, 0.6) is 0 Å². The summed E-state index contributed by atoms with van der Waals surface area (Å²) >= 11 is 0. The number of nitrogens with one attached hydrogen (secondary N) is 1. The third-order valence-corrected chi connectivity index (χ3v) is 1.94. The van der Waals surface area contributed by atoms with Crippen molar-refractivity contribution < 1.29 is 24.7 Å². The van der Waals surface area contributed by atoms with Gasteiger partial charge in [-0.3, -0.25) is 10.1 Å². The molecule has 0 radical (unpaired) electrons. The second-order valence-corrected chi connectivity index (χ2v) is 2.98. The van der Waals surface area contributed by atoms with Crippen LogP contribution in [0.15, 0.2) is 12.1 Å². The number of nitro benzene ring substituents is 1. The zero-order valence-electron chi connectivity index (χ0n) is 8.21. The molecular weight excluding hydrogens is 232 g/mol. The summed E-state index contributed by atoms with van der Waals surface area (Å²) in [5, 5.41) is 35.1. The van der Waals surface area contributed by atoms with E-state index in [1.54, 1.807) is 0 Å². The number of benzene rings is 1. The standard InChI is InChI=1S/C9H6N2O6/c10-3-4-1-5(8(12)13)7(11(16)17)6(2-4)9(14)15/h1-3,10H,(H,12,13)(H,14,15). The molecule has 1 aromatic rings. The third kappa shape index (κ3) is 2.25. The van der Waals surface area contributed by atoms with E-state index in [0.29, 0.717) is 6.21 Å². The van der Waals surface area contributed by atoms with Crippen molar-refractivity contribution in [3.63, 3.8) is 0 Å². The van der Waals surface area contributed by atoms with Gasteiger partial charge < -0.3 is 15.6 Å². The van der Waals surface area contributed by atoms with E-state index in [-0.39, 0.29) is 5.56 Å². The van der Waals surface area contributed by atoms with Crippen LogP contribution in [0.1, 0.15) is 26.3 Å².